The molecule has 0 unspecified atom stereocenters. The number of aliphatic hydroxyl groups is 1. The Morgan fingerprint density at radius 3 is 2.74 bits per heavy atom. The molecule has 2 fully saturated rings. The number of benzene rings is 1. The summed E-state index contributed by atoms with van der Waals surface area (Å²) in [6.45, 7) is 5.22. The number of hydrogen-bond donors (Lipinski definition) is 4. The number of fused-ring (bicyclic) bond motifs is 1. The summed E-state index contributed by atoms with van der Waals surface area (Å²) in [6, 6.07) is 6.67. The van der Waals surface area contributed by atoms with Crippen molar-refractivity contribution in [2.24, 2.45) is 5.92 Å². The number of aromatic amines is 1. The van der Waals surface area contributed by atoms with E-state index < -0.39 is 6.10 Å². The van der Waals surface area contributed by atoms with E-state index in [1.165, 1.54) is 0 Å². The van der Waals surface area contributed by atoms with Crippen LogP contribution in [0.1, 0.15) is 62.3 Å². The van der Waals surface area contributed by atoms with Crippen molar-refractivity contribution in [1.82, 2.24) is 30.4 Å². The van der Waals surface area contributed by atoms with Crippen molar-refractivity contribution in [3.8, 4) is 11.8 Å². The van der Waals surface area contributed by atoms with Crippen LogP contribution < -0.4 is 20.5 Å². The Labute approximate surface area is 228 Å². The van der Waals surface area contributed by atoms with E-state index in [4.69, 9.17) is 15.2 Å². The van der Waals surface area contributed by atoms with E-state index in [-0.39, 0.29) is 23.9 Å². The fourth-order valence-electron chi connectivity index (χ4n) is 5.07. The molecule has 0 radical (unpaired) electrons. The maximum Gasteiger partial charge on any atom is 0.319 e. The number of methoxy groups -OCH3 is 1. The minimum Gasteiger partial charge on any atom is -0.496 e. The molecule has 1 aromatic carbocycles. The number of H-pyrrole nitrogens is 1. The van der Waals surface area contributed by atoms with Crippen molar-refractivity contribution < 1.29 is 19.4 Å². The summed E-state index contributed by atoms with van der Waals surface area (Å²) in [6.07, 6.45) is 5.29. The first-order chi connectivity index (χ1) is 18.9. The number of nitrogens with zero attached hydrogens (tertiary/aromatic N) is 4. The number of likely N-dealkylation sites (tertiary alicyclic amines) is 1. The highest BCUT2D eigenvalue weighted by atomic mass is 16.5. The lowest BCUT2D eigenvalue weighted by Gasteiger charge is -2.32. The Morgan fingerprint density at radius 1 is 1.23 bits per heavy atom. The van der Waals surface area contributed by atoms with Crippen LogP contribution in [0.25, 0.3) is 11.0 Å². The van der Waals surface area contributed by atoms with Gasteiger partial charge in [0.05, 0.1) is 19.4 Å². The summed E-state index contributed by atoms with van der Waals surface area (Å²) >= 11 is 0. The third-order valence-electron chi connectivity index (χ3n) is 7.60. The average molecular weight is 538 g/mol. The van der Waals surface area contributed by atoms with Crippen LogP contribution in [0.4, 0.5) is 5.82 Å². The number of rotatable bonds is 12. The van der Waals surface area contributed by atoms with E-state index in [0.717, 1.165) is 80.7 Å². The van der Waals surface area contributed by atoms with Gasteiger partial charge in [-0.1, -0.05) is 25.5 Å². The number of hydrogen-bond acceptors (Lipinski definition) is 9. The first kappa shape index (κ1) is 27.1. The molecule has 11 nitrogen and oxygen atoms in total. The zero-order valence-electron chi connectivity index (χ0n) is 22.8. The first-order valence-corrected chi connectivity index (χ1v) is 13.9. The smallest absolute Gasteiger partial charge is 0.319 e. The van der Waals surface area contributed by atoms with E-state index in [1.54, 1.807) is 7.11 Å². The maximum absolute atomic E-state index is 12.2. The van der Waals surface area contributed by atoms with Gasteiger partial charge < -0.3 is 25.6 Å². The van der Waals surface area contributed by atoms with Crippen molar-refractivity contribution >= 4 is 22.8 Å². The van der Waals surface area contributed by atoms with Gasteiger partial charge in [0.25, 0.3) is 0 Å². The Kier molecular flexibility index (Phi) is 8.47. The quantitative estimate of drug-likeness (QED) is 0.255. The number of piperidine rings is 1. The second kappa shape index (κ2) is 12.2. The molecule has 2 aromatic heterocycles. The zero-order chi connectivity index (χ0) is 27.4. The van der Waals surface area contributed by atoms with E-state index in [0.29, 0.717) is 29.9 Å². The van der Waals surface area contributed by atoms with Gasteiger partial charge in [0.15, 0.2) is 11.3 Å². The highest BCUT2D eigenvalue weighted by Crippen LogP contribution is 2.33. The zero-order valence-corrected chi connectivity index (χ0v) is 22.8. The van der Waals surface area contributed by atoms with E-state index in [1.807, 2.05) is 0 Å². The minimum atomic E-state index is -0.847. The molecular weight excluding hydrogens is 498 g/mol. The van der Waals surface area contributed by atoms with Crippen molar-refractivity contribution in [2.75, 3.05) is 32.5 Å². The molecule has 0 spiro atoms. The Hall–Kier alpha value is -3.44. The number of carbonyl (C=O) groups excluding carboxylic acids is 1. The standard InChI is InChI=1S/C28H39N7O4/c1-3-4-13-39-28-31-23-21(33-34-24(23)26(29)32-28)15-19-6-5-17(14-22(19)38-2)16-35-11-9-20(10-12-35)30-27(37)25(36)18-7-8-18/h5-6,14,18,20,25,36H,3-4,7-13,15-16H2,1-2H3,(H,30,37)(H,33,34)(H2,29,31,32)/t25-/m1/s1. The summed E-state index contributed by atoms with van der Waals surface area (Å²) in [5, 5.41) is 20.5. The Balaban J connectivity index is 1.20. The Morgan fingerprint density at radius 2 is 2.03 bits per heavy atom. The lowest BCUT2D eigenvalue weighted by atomic mass is 10.0. The number of aromatic nitrogens is 4. The van der Waals surface area contributed by atoms with Crippen LogP contribution in [-0.4, -0.2) is 75.0 Å². The molecule has 1 atom stereocenters. The molecule has 1 amide bonds. The van der Waals surface area contributed by atoms with Crippen molar-refractivity contribution in [2.45, 2.75) is 70.6 Å². The number of amides is 1. The van der Waals surface area contributed by atoms with Crippen LogP contribution in [-0.2, 0) is 17.8 Å². The molecular formula is C28H39N7O4. The first-order valence-electron chi connectivity index (χ1n) is 13.9. The third-order valence-corrected chi connectivity index (χ3v) is 7.60. The number of carbonyl (C=O) groups is 1. The predicted molar refractivity (Wildman–Crippen MR) is 147 cm³/mol. The number of nitrogen functional groups attached to an aromatic ring is 1. The van der Waals surface area contributed by atoms with Gasteiger partial charge in [0.1, 0.15) is 17.4 Å². The van der Waals surface area contributed by atoms with Crippen LogP contribution in [0.2, 0.25) is 0 Å². The summed E-state index contributed by atoms with van der Waals surface area (Å²) in [4.78, 5) is 23.4. The van der Waals surface area contributed by atoms with Crippen LogP contribution in [0, 0.1) is 5.92 Å². The number of nitrogens with one attached hydrogen (secondary N) is 2. The van der Waals surface area contributed by atoms with Gasteiger partial charge in [-0.3, -0.25) is 14.8 Å². The van der Waals surface area contributed by atoms with Gasteiger partial charge in [-0.15, -0.1) is 0 Å². The number of ether oxygens (including phenoxy) is 2. The second-order valence-corrected chi connectivity index (χ2v) is 10.7. The van der Waals surface area contributed by atoms with Crippen LogP contribution in [0.5, 0.6) is 11.8 Å². The largest absolute Gasteiger partial charge is 0.496 e. The number of unbranched alkanes of at least 4 members (excludes halogenated alkanes) is 1. The van der Waals surface area contributed by atoms with E-state index >= 15 is 0 Å². The van der Waals surface area contributed by atoms with Gasteiger partial charge >= 0.3 is 6.01 Å². The summed E-state index contributed by atoms with van der Waals surface area (Å²) < 4.78 is 11.4. The molecule has 5 N–H and O–H groups in total. The van der Waals surface area contributed by atoms with Crippen LogP contribution in [0.15, 0.2) is 18.2 Å². The number of anilines is 1. The molecule has 11 heteroatoms. The maximum atomic E-state index is 12.2. The van der Waals surface area contributed by atoms with E-state index in [9.17, 15) is 9.90 Å². The highest BCUT2D eigenvalue weighted by molar-refractivity contribution is 5.86. The molecule has 2 aliphatic rings. The second-order valence-electron chi connectivity index (χ2n) is 10.7. The van der Waals surface area contributed by atoms with Gasteiger partial charge in [0.2, 0.25) is 5.91 Å². The minimum absolute atomic E-state index is 0.124. The predicted octanol–water partition coefficient (Wildman–Crippen LogP) is 2.56. The third kappa shape index (κ3) is 6.59. The summed E-state index contributed by atoms with van der Waals surface area (Å²) in [5.41, 5.74) is 10.3. The van der Waals surface area contributed by atoms with Gasteiger partial charge in [-0.2, -0.15) is 15.1 Å². The molecule has 0 bridgehead atoms. The molecule has 3 heterocycles. The van der Waals surface area contributed by atoms with Crippen LogP contribution >= 0.6 is 0 Å². The highest BCUT2D eigenvalue weighted by Gasteiger charge is 2.35. The number of aliphatic hydroxyl groups excluding tert-OH is 1. The molecule has 39 heavy (non-hydrogen) atoms. The molecule has 3 aromatic rings. The monoisotopic (exact) mass is 537 g/mol. The van der Waals surface area contributed by atoms with Crippen molar-refractivity contribution in [3.05, 3.63) is 35.0 Å². The fraction of sp³-hybridized carbons (Fsp3) is 0.571. The average Bonchev–Trinajstić information content (AvgIpc) is 3.71. The molecule has 1 saturated heterocycles. The van der Waals surface area contributed by atoms with Gasteiger partial charge in [0, 0.05) is 37.7 Å². The normalized spacial score (nSPS) is 17.3. The fourth-order valence-corrected chi connectivity index (χ4v) is 5.07. The Bertz CT molecular complexity index is 1280. The lowest BCUT2D eigenvalue weighted by molar-refractivity contribution is -0.131. The van der Waals surface area contributed by atoms with Crippen LogP contribution in [0.3, 0.4) is 0 Å². The summed E-state index contributed by atoms with van der Waals surface area (Å²) in [7, 11) is 1.68. The van der Waals surface area contributed by atoms with E-state index in [2.05, 4.69) is 55.5 Å². The molecule has 5 rings (SSSR count). The molecule has 210 valence electrons. The van der Waals surface area contributed by atoms with Crippen molar-refractivity contribution in [1.29, 1.82) is 0 Å². The van der Waals surface area contributed by atoms with Gasteiger partial charge in [-0.05, 0) is 49.7 Å². The SMILES string of the molecule is CCCCOc1nc(N)c2n[nH]c(Cc3ccc(CN4CCC(NC(=O)[C@H](O)C5CC5)CC4)cc3OC)c2n1. The van der Waals surface area contributed by atoms with Gasteiger partial charge in [-0.25, -0.2) is 0 Å². The number of nitrogens with two attached hydrogens (primary N) is 1. The molecule has 1 aliphatic carbocycles. The lowest BCUT2D eigenvalue weighted by Crippen LogP contribution is -2.47. The molecule has 1 aliphatic heterocycles. The van der Waals surface area contributed by atoms with Crippen molar-refractivity contribution in [3.63, 3.8) is 0 Å². The summed E-state index contributed by atoms with van der Waals surface area (Å²) in [5.74, 6) is 1.03. The topological polar surface area (TPSA) is 152 Å². The molecule has 1 saturated carbocycles.